The molecule has 0 aliphatic rings. The molecule has 1 amide bonds. The number of alkyl carbamates (subject to hydrolysis) is 1. The molecule has 0 heterocycles. The molecule has 88 valence electrons. The maximum atomic E-state index is 11.4. The third-order valence-corrected chi connectivity index (χ3v) is 2.38. The summed E-state index contributed by atoms with van der Waals surface area (Å²) in [6, 6.07) is -0.217. The summed E-state index contributed by atoms with van der Waals surface area (Å²) in [5, 5.41) is 2.68. The van der Waals surface area contributed by atoms with E-state index in [2.05, 4.69) is 34.5 Å². The van der Waals surface area contributed by atoms with Crippen molar-refractivity contribution in [1.29, 1.82) is 0 Å². The van der Waals surface area contributed by atoms with Gasteiger partial charge in [-0.25, -0.2) is 4.79 Å². The van der Waals surface area contributed by atoms with Crippen LogP contribution in [0.25, 0.3) is 0 Å². The molecule has 15 heavy (non-hydrogen) atoms. The summed E-state index contributed by atoms with van der Waals surface area (Å²) in [5.41, 5.74) is -0.492. The zero-order chi connectivity index (χ0) is 12.1. The molecule has 4 nitrogen and oxygen atoms in total. The van der Waals surface area contributed by atoms with Gasteiger partial charge in [0, 0.05) is 4.43 Å². The predicted octanol–water partition coefficient (Wildman–Crippen LogP) is 2.47. The molecule has 1 atom stereocenters. The van der Waals surface area contributed by atoms with Gasteiger partial charge >= 0.3 is 6.09 Å². The Labute approximate surface area is 105 Å². The Morgan fingerprint density at radius 3 is 2.40 bits per heavy atom. The van der Waals surface area contributed by atoms with Crippen LogP contribution >= 0.6 is 22.6 Å². The lowest BCUT2D eigenvalue weighted by atomic mass is 10.2. The first-order chi connectivity index (χ1) is 6.80. The molecule has 0 radical (unpaired) electrons. The molecule has 0 aromatic carbocycles. The van der Waals surface area contributed by atoms with Crippen molar-refractivity contribution in [3.8, 4) is 0 Å². The van der Waals surface area contributed by atoms with Gasteiger partial charge in [0.05, 0.1) is 13.2 Å². The second kappa shape index (κ2) is 6.19. The minimum atomic E-state index is -0.492. The number of hydrogen-bond donors (Lipinski definition) is 1. The zero-order valence-electron chi connectivity index (χ0n) is 9.59. The van der Waals surface area contributed by atoms with Crippen LogP contribution in [0.1, 0.15) is 20.8 Å². The summed E-state index contributed by atoms with van der Waals surface area (Å²) < 4.78 is 10.8. The predicted molar refractivity (Wildman–Crippen MR) is 68.2 cm³/mol. The number of hydrogen-bond acceptors (Lipinski definition) is 3. The Morgan fingerprint density at radius 2 is 2.07 bits per heavy atom. The number of alkyl halides is 1. The van der Waals surface area contributed by atoms with Gasteiger partial charge in [-0.2, -0.15) is 0 Å². The smallest absolute Gasteiger partial charge is 0.408 e. The van der Waals surface area contributed by atoms with Crippen LogP contribution in [0, 0.1) is 0 Å². The Bertz CT molecular complexity index is 235. The van der Waals surface area contributed by atoms with Crippen molar-refractivity contribution in [2.24, 2.45) is 0 Å². The topological polar surface area (TPSA) is 47.6 Å². The van der Waals surface area contributed by atoms with Crippen LogP contribution in [-0.4, -0.2) is 29.3 Å². The van der Waals surface area contributed by atoms with E-state index in [1.54, 1.807) is 0 Å². The van der Waals surface area contributed by atoms with Crippen LogP contribution in [0.4, 0.5) is 4.79 Å². The van der Waals surface area contributed by atoms with Crippen molar-refractivity contribution in [1.82, 2.24) is 5.32 Å². The lowest BCUT2D eigenvalue weighted by Crippen LogP contribution is -2.41. The minimum absolute atomic E-state index is 0.217. The Hall–Kier alpha value is -0.460. The van der Waals surface area contributed by atoms with Crippen LogP contribution in [0.2, 0.25) is 0 Å². The molecule has 0 bridgehead atoms. The normalized spacial score (nSPS) is 12.9. The van der Waals surface area contributed by atoms with E-state index < -0.39 is 11.7 Å². The molecule has 0 unspecified atom stereocenters. The Kier molecular flexibility index (Phi) is 6.00. The average Bonchev–Trinajstić information content (AvgIpc) is 2.10. The third-order valence-electron chi connectivity index (χ3n) is 1.50. The zero-order valence-corrected chi connectivity index (χ0v) is 11.8. The first-order valence-electron chi connectivity index (χ1n) is 4.58. The molecular formula is C10H18INO3. The second-order valence-electron chi connectivity index (χ2n) is 4.02. The number of carbonyl (C=O) groups is 1. The second-order valence-corrected chi connectivity index (χ2v) is 4.90. The van der Waals surface area contributed by atoms with Crippen molar-refractivity contribution >= 4 is 28.7 Å². The fraction of sp³-hybridized carbons (Fsp3) is 0.700. The standard InChI is InChI=1S/C10H18INO3/c1-7(14-5)8(6-11)12-9(13)15-10(2,3)4/h8H,1,6H2,2-5H3,(H,12,13)/t8-/m0/s1. The van der Waals surface area contributed by atoms with Gasteiger partial charge in [-0.1, -0.05) is 29.2 Å². The van der Waals surface area contributed by atoms with Gasteiger partial charge in [0.2, 0.25) is 0 Å². The molecule has 0 aromatic rings. The summed E-state index contributed by atoms with van der Waals surface area (Å²) in [7, 11) is 1.53. The number of carbonyl (C=O) groups excluding carboxylic acids is 1. The van der Waals surface area contributed by atoms with Crippen molar-refractivity contribution < 1.29 is 14.3 Å². The van der Waals surface area contributed by atoms with Crippen LogP contribution in [0.3, 0.4) is 0 Å². The largest absolute Gasteiger partial charge is 0.500 e. The lowest BCUT2D eigenvalue weighted by molar-refractivity contribution is 0.0504. The lowest BCUT2D eigenvalue weighted by Gasteiger charge is -2.23. The highest BCUT2D eigenvalue weighted by atomic mass is 127. The minimum Gasteiger partial charge on any atom is -0.500 e. The van der Waals surface area contributed by atoms with Gasteiger partial charge in [0.1, 0.15) is 11.4 Å². The molecule has 0 aliphatic heterocycles. The number of methoxy groups -OCH3 is 1. The van der Waals surface area contributed by atoms with Crippen LogP contribution < -0.4 is 5.32 Å². The molecule has 0 aliphatic carbocycles. The van der Waals surface area contributed by atoms with Crippen molar-refractivity contribution in [2.45, 2.75) is 32.4 Å². The first-order valence-corrected chi connectivity index (χ1v) is 6.11. The Morgan fingerprint density at radius 1 is 1.53 bits per heavy atom. The molecule has 0 fully saturated rings. The van der Waals surface area contributed by atoms with E-state index in [9.17, 15) is 4.79 Å². The van der Waals surface area contributed by atoms with Gasteiger partial charge in [0.25, 0.3) is 0 Å². The van der Waals surface area contributed by atoms with E-state index in [4.69, 9.17) is 9.47 Å². The molecule has 0 aromatic heterocycles. The number of halogens is 1. The molecule has 0 saturated heterocycles. The fourth-order valence-corrected chi connectivity index (χ4v) is 1.51. The quantitative estimate of drug-likeness (QED) is 0.490. The van der Waals surface area contributed by atoms with E-state index in [1.165, 1.54) is 7.11 Å². The van der Waals surface area contributed by atoms with E-state index >= 15 is 0 Å². The summed E-state index contributed by atoms with van der Waals surface area (Å²) in [6.07, 6.45) is -0.456. The van der Waals surface area contributed by atoms with Gasteiger partial charge < -0.3 is 14.8 Å². The third kappa shape index (κ3) is 6.59. The fourth-order valence-electron chi connectivity index (χ4n) is 0.797. The highest BCUT2D eigenvalue weighted by Gasteiger charge is 2.20. The molecule has 5 heteroatoms. The molecule has 0 saturated carbocycles. The molecule has 1 N–H and O–H groups in total. The highest BCUT2D eigenvalue weighted by molar-refractivity contribution is 14.1. The van der Waals surface area contributed by atoms with E-state index in [-0.39, 0.29) is 6.04 Å². The van der Waals surface area contributed by atoms with E-state index in [1.807, 2.05) is 20.8 Å². The maximum Gasteiger partial charge on any atom is 0.408 e. The highest BCUT2D eigenvalue weighted by Crippen LogP contribution is 2.09. The van der Waals surface area contributed by atoms with Crippen molar-refractivity contribution in [2.75, 3.05) is 11.5 Å². The van der Waals surface area contributed by atoms with Crippen LogP contribution in [0.5, 0.6) is 0 Å². The number of amides is 1. The SMILES string of the molecule is C=C(OC)[C@H](CI)NC(=O)OC(C)(C)C. The average molecular weight is 327 g/mol. The van der Waals surface area contributed by atoms with Crippen LogP contribution in [0.15, 0.2) is 12.3 Å². The summed E-state index contributed by atoms with van der Waals surface area (Å²) >= 11 is 2.15. The number of rotatable bonds is 4. The first kappa shape index (κ1) is 14.5. The van der Waals surface area contributed by atoms with Crippen molar-refractivity contribution in [3.63, 3.8) is 0 Å². The van der Waals surface area contributed by atoms with E-state index in [0.29, 0.717) is 10.2 Å². The molecule has 0 spiro atoms. The van der Waals surface area contributed by atoms with Gasteiger partial charge in [-0.05, 0) is 20.8 Å². The molecular weight excluding hydrogens is 309 g/mol. The summed E-state index contributed by atoms with van der Waals surface area (Å²) in [6.45, 7) is 9.15. The number of ether oxygens (including phenoxy) is 2. The maximum absolute atomic E-state index is 11.4. The molecule has 0 rings (SSSR count). The van der Waals surface area contributed by atoms with E-state index in [0.717, 1.165) is 0 Å². The summed E-state index contributed by atoms with van der Waals surface area (Å²) in [5.74, 6) is 0.523. The van der Waals surface area contributed by atoms with Gasteiger partial charge in [-0.3, -0.25) is 0 Å². The number of nitrogens with one attached hydrogen (secondary N) is 1. The van der Waals surface area contributed by atoms with Crippen molar-refractivity contribution in [3.05, 3.63) is 12.3 Å². The van der Waals surface area contributed by atoms with Gasteiger partial charge in [0.15, 0.2) is 0 Å². The van der Waals surface area contributed by atoms with Gasteiger partial charge in [-0.15, -0.1) is 0 Å². The van der Waals surface area contributed by atoms with Crippen LogP contribution in [-0.2, 0) is 9.47 Å². The monoisotopic (exact) mass is 327 g/mol. The summed E-state index contributed by atoms with van der Waals surface area (Å²) in [4.78, 5) is 11.4. The Balaban J connectivity index is 4.20.